The van der Waals surface area contributed by atoms with Crippen LogP contribution in [-0.2, 0) is 4.74 Å². The summed E-state index contributed by atoms with van der Waals surface area (Å²) in [4.78, 5) is 32.1. The highest BCUT2D eigenvalue weighted by Crippen LogP contribution is 2.30. The first-order valence-electron chi connectivity index (χ1n) is 10.0. The average molecular weight is 426 g/mol. The molecule has 1 aromatic carbocycles. The second-order valence-electron chi connectivity index (χ2n) is 8.86. The molecule has 3 N–H and O–H groups in total. The monoisotopic (exact) mass is 426 g/mol. The van der Waals surface area contributed by atoms with Gasteiger partial charge in [0.1, 0.15) is 18.0 Å². The average Bonchev–Trinajstić information content (AvgIpc) is 3.27. The Balaban J connectivity index is 1.76. The number of H-pyrrole nitrogens is 1. The van der Waals surface area contributed by atoms with Crippen molar-refractivity contribution >= 4 is 33.1 Å². The van der Waals surface area contributed by atoms with Gasteiger partial charge in [-0.05, 0) is 12.1 Å². The van der Waals surface area contributed by atoms with Gasteiger partial charge in [0.2, 0.25) is 0 Å². The highest BCUT2D eigenvalue weighted by atomic mass is 16.5. The Morgan fingerprint density at radius 3 is 2.68 bits per heavy atom. The second kappa shape index (κ2) is 6.72. The van der Waals surface area contributed by atoms with Crippen molar-refractivity contribution < 1.29 is 14.9 Å². The Morgan fingerprint density at radius 2 is 2.00 bits per heavy atom. The molecule has 5 rings (SSSR count). The molecular formula is C21H24N5O5+. The lowest BCUT2D eigenvalue weighted by Crippen LogP contribution is -2.34. The van der Waals surface area contributed by atoms with Crippen molar-refractivity contribution in [2.75, 3.05) is 27.7 Å². The zero-order valence-corrected chi connectivity index (χ0v) is 17.4. The summed E-state index contributed by atoms with van der Waals surface area (Å²) in [5.74, 6) is 0. The van der Waals surface area contributed by atoms with E-state index in [0.717, 1.165) is 16.6 Å². The number of ether oxygens (including phenoxy) is 1. The van der Waals surface area contributed by atoms with Crippen LogP contribution in [0.2, 0.25) is 0 Å². The van der Waals surface area contributed by atoms with Crippen LogP contribution in [0.25, 0.3) is 27.5 Å². The number of aliphatic hydroxyl groups excluding tert-OH is 2. The van der Waals surface area contributed by atoms with Crippen molar-refractivity contribution in [3.63, 3.8) is 0 Å². The van der Waals surface area contributed by atoms with E-state index in [1.54, 1.807) is 10.6 Å². The number of nitrogens with zero attached hydrogens (tertiary/aromatic N) is 4. The molecule has 10 nitrogen and oxygen atoms in total. The number of fused-ring (bicyclic) bond motifs is 5. The second-order valence-corrected chi connectivity index (χ2v) is 8.86. The largest absolute Gasteiger partial charge is 0.394 e. The lowest BCUT2D eigenvalue weighted by molar-refractivity contribution is -0.0457. The predicted molar refractivity (Wildman–Crippen MR) is 116 cm³/mol. The lowest BCUT2D eigenvalue weighted by Gasteiger charge is -2.23. The molecule has 0 unspecified atom stereocenters. The summed E-state index contributed by atoms with van der Waals surface area (Å²) in [7, 11) is 6.20. The third-order valence-corrected chi connectivity index (χ3v) is 5.91. The van der Waals surface area contributed by atoms with Crippen molar-refractivity contribution in [1.29, 1.82) is 0 Å². The molecule has 0 bridgehead atoms. The van der Waals surface area contributed by atoms with Gasteiger partial charge in [0.05, 0.1) is 50.3 Å². The molecule has 4 heterocycles. The van der Waals surface area contributed by atoms with E-state index >= 15 is 0 Å². The molecule has 0 spiro atoms. The van der Waals surface area contributed by atoms with Gasteiger partial charge >= 0.3 is 11.4 Å². The number of aromatic nitrogens is 4. The predicted octanol–water partition coefficient (Wildman–Crippen LogP) is 0.328. The first kappa shape index (κ1) is 19.9. The maximum atomic E-state index is 12.8. The lowest BCUT2D eigenvalue weighted by atomic mass is 10.2. The molecule has 10 heteroatoms. The van der Waals surface area contributed by atoms with Crippen LogP contribution >= 0.6 is 0 Å². The standard InChI is InChI=1S/C21H23N5O5/c1-26(2,3)12-4-5-14-11(6-12)7-15-13-9-24(18-8-16(28)17(10-27)31-18)20(29)22-19(13)23-21(30)25(14)15/h4-7,9,16-18,27-28H,8,10H2,1-3H3/p+1/t16-,17+,18+/m0/s1. The fourth-order valence-electron chi connectivity index (χ4n) is 4.20. The maximum absolute atomic E-state index is 12.8. The molecule has 3 aromatic heterocycles. The Kier molecular flexibility index (Phi) is 4.31. The van der Waals surface area contributed by atoms with Crippen LogP contribution in [0.5, 0.6) is 0 Å². The van der Waals surface area contributed by atoms with E-state index in [1.807, 2.05) is 24.3 Å². The Labute approximate surface area is 176 Å². The summed E-state index contributed by atoms with van der Waals surface area (Å²) >= 11 is 0. The quantitative estimate of drug-likeness (QED) is 0.406. The molecule has 1 fully saturated rings. The molecule has 31 heavy (non-hydrogen) atoms. The Bertz CT molecular complexity index is 1440. The van der Waals surface area contributed by atoms with E-state index in [2.05, 4.69) is 31.1 Å². The van der Waals surface area contributed by atoms with Crippen LogP contribution < -0.4 is 15.9 Å². The van der Waals surface area contributed by atoms with Crippen molar-refractivity contribution in [1.82, 2.24) is 23.4 Å². The van der Waals surface area contributed by atoms with E-state index in [-0.39, 0.29) is 24.4 Å². The Hall–Kier alpha value is -3.05. The van der Waals surface area contributed by atoms with Gasteiger partial charge in [-0.3, -0.25) is 18.4 Å². The molecule has 1 aliphatic rings. The number of aromatic amines is 1. The van der Waals surface area contributed by atoms with Crippen LogP contribution in [0.3, 0.4) is 0 Å². The molecule has 4 aromatic rings. The first-order valence-corrected chi connectivity index (χ1v) is 10.0. The zero-order valence-electron chi connectivity index (χ0n) is 17.4. The van der Waals surface area contributed by atoms with Gasteiger partial charge in [-0.1, -0.05) is 0 Å². The fourth-order valence-corrected chi connectivity index (χ4v) is 4.20. The summed E-state index contributed by atoms with van der Waals surface area (Å²) in [6.07, 6.45) is -0.635. The van der Waals surface area contributed by atoms with Gasteiger partial charge < -0.3 is 14.9 Å². The van der Waals surface area contributed by atoms with E-state index in [4.69, 9.17) is 4.74 Å². The van der Waals surface area contributed by atoms with E-state index in [0.29, 0.717) is 15.4 Å². The van der Waals surface area contributed by atoms with Gasteiger partial charge in [-0.15, -0.1) is 0 Å². The number of benzene rings is 1. The molecule has 0 saturated carbocycles. The smallest absolute Gasteiger partial charge is 0.351 e. The summed E-state index contributed by atoms with van der Waals surface area (Å²) in [5.41, 5.74) is 1.65. The van der Waals surface area contributed by atoms with Gasteiger partial charge in [-0.25, -0.2) is 9.59 Å². The highest BCUT2D eigenvalue weighted by Gasteiger charge is 2.35. The van der Waals surface area contributed by atoms with Crippen LogP contribution in [-0.4, -0.2) is 69.1 Å². The van der Waals surface area contributed by atoms with E-state index < -0.39 is 24.1 Å². The number of hydrogen-bond acceptors (Lipinski definition) is 6. The van der Waals surface area contributed by atoms with Crippen molar-refractivity contribution in [2.24, 2.45) is 0 Å². The topological polar surface area (TPSA) is 122 Å². The van der Waals surface area contributed by atoms with Crippen LogP contribution in [0.15, 0.2) is 40.1 Å². The van der Waals surface area contributed by atoms with Gasteiger partial charge in [0, 0.05) is 30.1 Å². The molecule has 1 aliphatic heterocycles. The Morgan fingerprint density at radius 1 is 1.23 bits per heavy atom. The molecule has 1 saturated heterocycles. The third kappa shape index (κ3) is 3.07. The fraction of sp³-hybridized carbons (Fsp3) is 0.381. The summed E-state index contributed by atoms with van der Waals surface area (Å²) < 4.78 is 9.13. The molecule has 3 atom stereocenters. The van der Waals surface area contributed by atoms with Crippen molar-refractivity contribution in [2.45, 2.75) is 24.9 Å². The minimum absolute atomic E-state index is 0.161. The normalized spacial score (nSPS) is 22.2. The number of nitrogens with one attached hydrogen (secondary N) is 1. The highest BCUT2D eigenvalue weighted by molar-refractivity contribution is 5.99. The van der Waals surface area contributed by atoms with Gasteiger partial charge in [-0.2, -0.15) is 4.98 Å². The van der Waals surface area contributed by atoms with Crippen LogP contribution in [0, 0.1) is 0 Å². The minimum Gasteiger partial charge on any atom is -0.394 e. The summed E-state index contributed by atoms with van der Waals surface area (Å²) in [6, 6.07) is 7.84. The summed E-state index contributed by atoms with van der Waals surface area (Å²) in [6.45, 7) is -0.344. The SMILES string of the molecule is C[N+](C)(C)c1ccc2c(c1)cc1c3cn([C@H]4C[C@H](O)[C@@H](CO)O4)c(=O)nc3[nH]c(=O)n21. The zero-order chi connectivity index (χ0) is 22.1. The number of aliphatic hydroxyl groups is 2. The van der Waals surface area contributed by atoms with Crippen LogP contribution in [0.1, 0.15) is 12.6 Å². The molecular weight excluding hydrogens is 402 g/mol. The molecule has 0 amide bonds. The van der Waals surface area contributed by atoms with Gasteiger partial charge in [0.25, 0.3) is 0 Å². The number of hydrogen-bond donors (Lipinski definition) is 3. The number of quaternary nitrogens is 1. The molecule has 162 valence electrons. The summed E-state index contributed by atoms with van der Waals surface area (Å²) in [5, 5.41) is 20.9. The maximum Gasteiger partial charge on any atom is 0.351 e. The number of rotatable bonds is 3. The van der Waals surface area contributed by atoms with Crippen LogP contribution in [0.4, 0.5) is 5.69 Å². The minimum atomic E-state index is -0.877. The third-order valence-electron chi connectivity index (χ3n) is 5.91. The van der Waals surface area contributed by atoms with Crippen molar-refractivity contribution in [3.8, 4) is 0 Å². The first-order chi connectivity index (χ1) is 14.7. The molecule has 0 aliphatic carbocycles. The van der Waals surface area contributed by atoms with E-state index in [1.165, 1.54) is 4.57 Å². The molecule has 0 radical (unpaired) electrons. The van der Waals surface area contributed by atoms with Gasteiger partial charge in [0.15, 0.2) is 5.65 Å². The van der Waals surface area contributed by atoms with Crippen molar-refractivity contribution in [3.05, 3.63) is 51.4 Å². The van der Waals surface area contributed by atoms with E-state index in [9.17, 15) is 19.8 Å².